The molecule has 98 valence electrons. The van der Waals surface area contributed by atoms with Gasteiger partial charge < -0.3 is 5.32 Å². The maximum atomic E-state index is 11.2. The van der Waals surface area contributed by atoms with Crippen molar-refractivity contribution in [2.45, 2.75) is 18.9 Å². The van der Waals surface area contributed by atoms with Crippen LogP contribution in [0.2, 0.25) is 0 Å². The zero-order valence-electron chi connectivity index (χ0n) is 10.3. The number of nitrogens with zero attached hydrogens (tertiary/aromatic N) is 1. The fourth-order valence-electron chi connectivity index (χ4n) is 1.92. The topological polar surface area (TPSA) is 61.4 Å². The zero-order valence-corrected chi connectivity index (χ0v) is 11.1. The van der Waals surface area contributed by atoms with Gasteiger partial charge in [-0.05, 0) is 19.9 Å². The highest BCUT2D eigenvalue weighted by molar-refractivity contribution is 7.89. The molecule has 0 saturated carbocycles. The van der Waals surface area contributed by atoms with E-state index in [2.05, 4.69) is 20.9 Å². The van der Waals surface area contributed by atoms with Crippen molar-refractivity contribution in [3.8, 4) is 12.3 Å². The van der Waals surface area contributed by atoms with Gasteiger partial charge in [-0.1, -0.05) is 5.92 Å². The predicted molar refractivity (Wildman–Crippen MR) is 69.1 cm³/mol. The second-order valence-electron chi connectivity index (χ2n) is 4.23. The Balaban J connectivity index is 2.17. The van der Waals surface area contributed by atoms with Gasteiger partial charge in [-0.3, -0.25) is 4.90 Å². The second kappa shape index (κ2) is 6.97. The molecule has 0 bridgehead atoms. The first-order chi connectivity index (χ1) is 8.07. The van der Waals surface area contributed by atoms with E-state index in [1.165, 1.54) is 7.05 Å². The summed E-state index contributed by atoms with van der Waals surface area (Å²) < 4.78 is 24.7. The summed E-state index contributed by atoms with van der Waals surface area (Å²) in [5.74, 6) is 2.77. The van der Waals surface area contributed by atoms with Crippen LogP contribution in [0.15, 0.2) is 0 Å². The lowest BCUT2D eigenvalue weighted by Gasteiger charge is -2.31. The van der Waals surface area contributed by atoms with Crippen molar-refractivity contribution in [2.24, 2.45) is 0 Å². The second-order valence-corrected chi connectivity index (χ2v) is 6.28. The molecule has 1 fully saturated rings. The summed E-state index contributed by atoms with van der Waals surface area (Å²) in [6.45, 7) is 3.19. The molecule has 0 aromatic carbocycles. The molecule has 6 heteroatoms. The molecule has 0 aliphatic carbocycles. The molecule has 1 saturated heterocycles. The van der Waals surface area contributed by atoms with E-state index in [-0.39, 0.29) is 5.75 Å². The highest BCUT2D eigenvalue weighted by atomic mass is 32.2. The molecule has 0 radical (unpaired) electrons. The van der Waals surface area contributed by atoms with Crippen LogP contribution in [0.25, 0.3) is 0 Å². The van der Waals surface area contributed by atoms with Crippen molar-refractivity contribution >= 4 is 10.0 Å². The van der Waals surface area contributed by atoms with Crippen LogP contribution in [-0.2, 0) is 10.0 Å². The van der Waals surface area contributed by atoms with Crippen LogP contribution in [0.3, 0.4) is 0 Å². The first-order valence-electron chi connectivity index (χ1n) is 5.88. The standard InChI is InChI=1S/C11H21N3O2S/c1-3-7-14-8-4-11(5-9-14)13-6-10-17(15,16)12-2/h1,11-13H,4-10H2,2H3. The van der Waals surface area contributed by atoms with Gasteiger partial charge in [0.25, 0.3) is 0 Å². The fraction of sp³-hybridized carbons (Fsp3) is 0.818. The van der Waals surface area contributed by atoms with Crippen LogP contribution in [0.1, 0.15) is 12.8 Å². The van der Waals surface area contributed by atoms with Gasteiger partial charge in [0.05, 0.1) is 12.3 Å². The van der Waals surface area contributed by atoms with Crippen molar-refractivity contribution in [3.63, 3.8) is 0 Å². The maximum absolute atomic E-state index is 11.2. The summed E-state index contributed by atoms with van der Waals surface area (Å²) in [7, 11) is -1.65. The molecule has 0 amide bonds. The van der Waals surface area contributed by atoms with E-state index in [4.69, 9.17) is 6.42 Å². The van der Waals surface area contributed by atoms with Gasteiger partial charge in [0.2, 0.25) is 10.0 Å². The quantitative estimate of drug-likeness (QED) is 0.615. The predicted octanol–water partition coefficient (Wildman–Crippen LogP) is -0.777. The summed E-state index contributed by atoms with van der Waals surface area (Å²) in [6, 6.07) is 0.413. The summed E-state index contributed by atoms with van der Waals surface area (Å²) in [5.41, 5.74) is 0. The normalized spacial score (nSPS) is 19.1. The highest BCUT2D eigenvalue weighted by Gasteiger charge is 2.18. The van der Waals surface area contributed by atoms with E-state index in [0.29, 0.717) is 19.1 Å². The average molecular weight is 259 g/mol. The molecule has 0 unspecified atom stereocenters. The Morgan fingerprint density at radius 3 is 2.59 bits per heavy atom. The molecular formula is C11H21N3O2S. The van der Waals surface area contributed by atoms with Crippen LogP contribution in [-0.4, -0.2) is 58.3 Å². The van der Waals surface area contributed by atoms with Gasteiger partial charge >= 0.3 is 0 Å². The largest absolute Gasteiger partial charge is 0.313 e. The lowest BCUT2D eigenvalue weighted by Crippen LogP contribution is -2.44. The summed E-state index contributed by atoms with van der Waals surface area (Å²) >= 11 is 0. The highest BCUT2D eigenvalue weighted by Crippen LogP contribution is 2.09. The lowest BCUT2D eigenvalue weighted by molar-refractivity contribution is 0.219. The van der Waals surface area contributed by atoms with Crippen LogP contribution in [0, 0.1) is 12.3 Å². The number of sulfonamides is 1. The Bertz CT molecular complexity index is 353. The third-order valence-corrected chi connectivity index (χ3v) is 4.38. The van der Waals surface area contributed by atoms with Gasteiger partial charge in [0.1, 0.15) is 0 Å². The number of nitrogens with one attached hydrogen (secondary N) is 2. The molecule has 0 aromatic rings. The first-order valence-corrected chi connectivity index (χ1v) is 7.53. The number of piperidine rings is 1. The molecule has 1 aliphatic heterocycles. The molecular weight excluding hydrogens is 238 g/mol. The Morgan fingerprint density at radius 2 is 2.06 bits per heavy atom. The van der Waals surface area contributed by atoms with E-state index in [1.54, 1.807) is 0 Å². The molecule has 1 aliphatic rings. The van der Waals surface area contributed by atoms with Gasteiger partial charge in [0, 0.05) is 25.7 Å². The molecule has 17 heavy (non-hydrogen) atoms. The number of terminal acetylenes is 1. The van der Waals surface area contributed by atoms with Gasteiger partial charge in [-0.2, -0.15) is 0 Å². The SMILES string of the molecule is C#CCN1CCC(NCCS(=O)(=O)NC)CC1. The van der Waals surface area contributed by atoms with Crippen molar-refractivity contribution in [1.29, 1.82) is 0 Å². The molecule has 0 atom stereocenters. The monoisotopic (exact) mass is 259 g/mol. The molecule has 0 spiro atoms. The number of hydrogen-bond acceptors (Lipinski definition) is 4. The van der Waals surface area contributed by atoms with E-state index >= 15 is 0 Å². The number of hydrogen-bond donors (Lipinski definition) is 2. The van der Waals surface area contributed by atoms with Crippen molar-refractivity contribution in [1.82, 2.24) is 14.9 Å². The molecule has 1 rings (SSSR count). The minimum atomic E-state index is -3.09. The zero-order chi connectivity index (χ0) is 12.7. The van der Waals surface area contributed by atoms with E-state index in [9.17, 15) is 8.42 Å². The van der Waals surface area contributed by atoms with Gasteiger partial charge in [-0.15, -0.1) is 6.42 Å². The van der Waals surface area contributed by atoms with E-state index < -0.39 is 10.0 Å². The van der Waals surface area contributed by atoms with Crippen molar-refractivity contribution < 1.29 is 8.42 Å². The lowest BCUT2D eigenvalue weighted by atomic mass is 10.1. The Morgan fingerprint density at radius 1 is 1.41 bits per heavy atom. The summed E-state index contributed by atoms with van der Waals surface area (Å²) in [5, 5.41) is 3.28. The first kappa shape index (κ1) is 14.5. The Kier molecular flexibility index (Phi) is 5.92. The van der Waals surface area contributed by atoms with E-state index in [1.807, 2.05) is 0 Å². The van der Waals surface area contributed by atoms with Crippen molar-refractivity contribution in [2.75, 3.05) is 39.0 Å². The number of likely N-dealkylation sites (tertiary alicyclic amines) is 1. The summed E-state index contributed by atoms with van der Waals surface area (Å²) in [4.78, 5) is 2.24. The van der Waals surface area contributed by atoms with Crippen LogP contribution < -0.4 is 10.0 Å². The average Bonchev–Trinajstić information content (AvgIpc) is 2.32. The minimum Gasteiger partial charge on any atom is -0.313 e. The minimum absolute atomic E-state index is 0.133. The van der Waals surface area contributed by atoms with Gasteiger partial charge in [-0.25, -0.2) is 13.1 Å². The smallest absolute Gasteiger partial charge is 0.212 e. The van der Waals surface area contributed by atoms with Gasteiger partial charge in [0.15, 0.2) is 0 Å². The number of rotatable bonds is 6. The van der Waals surface area contributed by atoms with Crippen LogP contribution >= 0.6 is 0 Å². The Hall–Kier alpha value is -0.610. The third-order valence-electron chi connectivity index (χ3n) is 3.02. The molecule has 5 nitrogen and oxygen atoms in total. The molecule has 0 aromatic heterocycles. The fourth-order valence-corrected chi connectivity index (χ4v) is 2.51. The molecule has 1 heterocycles. The third kappa shape index (κ3) is 5.50. The Labute approximate surface area is 104 Å². The maximum Gasteiger partial charge on any atom is 0.212 e. The van der Waals surface area contributed by atoms with Crippen molar-refractivity contribution in [3.05, 3.63) is 0 Å². The van der Waals surface area contributed by atoms with Crippen LogP contribution in [0.5, 0.6) is 0 Å². The van der Waals surface area contributed by atoms with E-state index in [0.717, 1.165) is 25.9 Å². The van der Waals surface area contributed by atoms with Crippen LogP contribution in [0.4, 0.5) is 0 Å². The summed E-state index contributed by atoms with van der Waals surface area (Å²) in [6.07, 6.45) is 7.31. The molecule has 2 N–H and O–H groups in total.